The van der Waals surface area contributed by atoms with E-state index in [2.05, 4.69) is 24.3 Å². The average Bonchev–Trinajstić information content (AvgIpc) is 3.72. The fraction of sp³-hybridized carbons (Fsp3) is 0.647. The fourth-order valence-electron chi connectivity index (χ4n) is 8.07. The number of benzene rings is 2. The van der Waals surface area contributed by atoms with Gasteiger partial charge < -0.3 is 10.2 Å². The van der Waals surface area contributed by atoms with Gasteiger partial charge in [0, 0.05) is 22.6 Å². The summed E-state index contributed by atoms with van der Waals surface area (Å²) in [6, 6.07) is 9.41. The fourth-order valence-corrected chi connectivity index (χ4v) is 9.05. The Kier molecular flexibility index (Phi) is 8.07. The highest BCUT2D eigenvalue weighted by molar-refractivity contribution is 7.97. The van der Waals surface area contributed by atoms with Gasteiger partial charge in [0.05, 0.1) is 0 Å². The molecule has 2 nitrogen and oxygen atoms in total. The van der Waals surface area contributed by atoms with Crippen LogP contribution in [0, 0.1) is 0 Å². The lowest BCUT2D eigenvalue weighted by atomic mass is 9.88. The Balaban J connectivity index is 1.24. The smallest absolute Gasteiger partial charge is 0.123 e. The molecule has 0 bridgehead atoms. The van der Waals surface area contributed by atoms with Crippen LogP contribution in [0.3, 0.4) is 0 Å². The molecule has 2 N–H and O–H groups in total. The van der Waals surface area contributed by atoms with Crippen LogP contribution in [0.5, 0.6) is 11.5 Å². The van der Waals surface area contributed by atoms with Crippen LogP contribution >= 0.6 is 11.8 Å². The van der Waals surface area contributed by atoms with Gasteiger partial charge in [-0.25, -0.2) is 0 Å². The van der Waals surface area contributed by atoms with Gasteiger partial charge in [0.1, 0.15) is 11.5 Å². The predicted octanol–water partition coefficient (Wildman–Crippen LogP) is 10.2. The van der Waals surface area contributed by atoms with Gasteiger partial charge in [0.2, 0.25) is 0 Å². The number of phenols is 2. The first-order valence-corrected chi connectivity index (χ1v) is 16.6. The van der Waals surface area contributed by atoms with Crippen LogP contribution in [0.4, 0.5) is 0 Å². The minimum absolute atomic E-state index is 0.534. The zero-order valence-electron chi connectivity index (χ0n) is 22.6. The van der Waals surface area contributed by atoms with E-state index in [0.29, 0.717) is 35.2 Å². The van der Waals surface area contributed by atoms with Crippen molar-refractivity contribution in [3.8, 4) is 11.5 Å². The molecule has 0 aromatic heterocycles. The van der Waals surface area contributed by atoms with Gasteiger partial charge in [0.15, 0.2) is 0 Å². The zero-order valence-corrected chi connectivity index (χ0v) is 23.5. The Morgan fingerprint density at radius 2 is 0.811 bits per heavy atom. The lowest BCUT2D eigenvalue weighted by Gasteiger charge is -2.21. The largest absolute Gasteiger partial charge is 0.507 e. The molecule has 4 aliphatic carbocycles. The van der Waals surface area contributed by atoms with Crippen molar-refractivity contribution in [1.82, 2.24) is 0 Å². The Morgan fingerprint density at radius 3 is 1.16 bits per heavy atom. The molecule has 0 heterocycles. The zero-order chi connectivity index (χ0) is 25.2. The van der Waals surface area contributed by atoms with E-state index in [1.807, 2.05) is 11.8 Å². The van der Waals surface area contributed by atoms with Crippen LogP contribution in [-0.2, 0) is 11.5 Å². The lowest BCUT2D eigenvalue weighted by molar-refractivity contribution is 0.455. The number of aromatic hydroxyl groups is 2. The van der Waals surface area contributed by atoms with E-state index < -0.39 is 0 Å². The normalized spacial score (nSPS) is 22.1. The summed E-state index contributed by atoms with van der Waals surface area (Å²) in [5.74, 6) is 5.18. The van der Waals surface area contributed by atoms with Crippen molar-refractivity contribution >= 4 is 11.8 Å². The summed E-state index contributed by atoms with van der Waals surface area (Å²) >= 11 is 1.87. The second-order valence-electron chi connectivity index (χ2n) is 12.7. The van der Waals surface area contributed by atoms with Crippen molar-refractivity contribution in [2.75, 3.05) is 0 Å². The first kappa shape index (κ1) is 25.7. The summed E-state index contributed by atoms with van der Waals surface area (Å²) < 4.78 is 0. The maximum atomic E-state index is 11.4. The summed E-state index contributed by atoms with van der Waals surface area (Å²) in [6.07, 6.45) is 20.6. The number of thioether (sulfide) groups is 1. The third kappa shape index (κ3) is 5.58. The molecule has 0 spiro atoms. The van der Waals surface area contributed by atoms with Crippen molar-refractivity contribution in [2.45, 2.75) is 138 Å². The van der Waals surface area contributed by atoms with E-state index >= 15 is 0 Å². The molecular formula is C34H46O2S. The molecule has 0 aliphatic heterocycles. The second kappa shape index (κ2) is 11.6. The van der Waals surface area contributed by atoms with Crippen LogP contribution in [0.1, 0.15) is 160 Å². The molecule has 6 rings (SSSR count). The van der Waals surface area contributed by atoms with Crippen LogP contribution in [-0.4, -0.2) is 10.2 Å². The molecule has 4 saturated carbocycles. The molecule has 37 heavy (non-hydrogen) atoms. The summed E-state index contributed by atoms with van der Waals surface area (Å²) in [5.41, 5.74) is 7.65. The SMILES string of the molecule is Oc1c(CSCc2cc(C3CCCC3)cc(C3CCCC3)c2O)cc(C2CCCC2)cc1C1CCCC1. The van der Waals surface area contributed by atoms with Gasteiger partial charge in [-0.2, -0.15) is 11.8 Å². The highest BCUT2D eigenvalue weighted by Gasteiger charge is 2.27. The lowest BCUT2D eigenvalue weighted by Crippen LogP contribution is -2.02. The van der Waals surface area contributed by atoms with Crippen molar-refractivity contribution in [3.05, 3.63) is 57.6 Å². The molecule has 3 heteroatoms. The summed E-state index contributed by atoms with van der Waals surface area (Å²) in [6.45, 7) is 0. The third-order valence-corrected chi connectivity index (χ3v) is 11.3. The van der Waals surface area contributed by atoms with Gasteiger partial charge >= 0.3 is 0 Å². The first-order chi connectivity index (χ1) is 18.2. The van der Waals surface area contributed by atoms with Gasteiger partial charge in [-0.1, -0.05) is 75.6 Å². The van der Waals surface area contributed by atoms with E-state index in [0.717, 1.165) is 22.6 Å². The molecule has 2 aromatic carbocycles. The van der Waals surface area contributed by atoms with Gasteiger partial charge in [0.25, 0.3) is 0 Å². The molecule has 4 fully saturated rings. The quantitative estimate of drug-likeness (QED) is 0.365. The summed E-state index contributed by atoms with van der Waals surface area (Å²) in [4.78, 5) is 0. The van der Waals surface area contributed by atoms with E-state index in [-0.39, 0.29) is 0 Å². The molecule has 0 saturated heterocycles. The van der Waals surface area contributed by atoms with E-state index in [9.17, 15) is 10.2 Å². The standard InChI is InChI=1S/C34H46O2S/c35-33-29(17-27(23-9-1-2-10-23)19-31(33)25-13-5-6-14-25)21-37-22-30-18-28(24-11-3-4-12-24)20-32(34(30)36)26-15-7-8-16-26/h17-20,23-26,35-36H,1-16,21-22H2. The van der Waals surface area contributed by atoms with Crippen molar-refractivity contribution in [2.24, 2.45) is 0 Å². The molecule has 0 atom stereocenters. The number of hydrogen-bond donors (Lipinski definition) is 2. The van der Waals surface area contributed by atoms with Crippen LogP contribution < -0.4 is 0 Å². The monoisotopic (exact) mass is 518 g/mol. The Labute approximate surface area is 228 Å². The Hall–Kier alpha value is -1.61. The molecular weight excluding hydrogens is 472 g/mol. The average molecular weight is 519 g/mol. The predicted molar refractivity (Wildman–Crippen MR) is 156 cm³/mol. The van der Waals surface area contributed by atoms with E-state index in [1.54, 1.807) is 0 Å². The van der Waals surface area contributed by atoms with Gasteiger partial charge in [-0.3, -0.25) is 0 Å². The van der Waals surface area contributed by atoms with Gasteiger partial charge in [-0.15, -0.1) is 0 Å². The number of phenolic OH excluding ortho intramolecular Hbond substituents is 2. The minimum atomic E-state index is 0.534. The Morgan fingerprint density at radius 1 is 0.486 bits per heavy atom. The summed E-state index contributed by atoms with van der Waals surface area (Å²) in [7, 11) is 0. The molecule has 4 aliphatic rings. The number of hydrogen-bond acceptors (Lipinski definition) is 3. The minimum Gasteiger partial charge on any atom is -0.507 e. The van der Waals surface area contributed by atoms with Crippen LogP contribution in [0.25, 0.3) is 0 Å². The maximum absolute atomic E-state index is 11.4. The molecule has 0 amide bonds. The van der Waals surface area contributed by atoms with Crippen molar-refractivity contribution < 1.29 is 10.2 Å². The van der Waals surface area contributed by atoms with Crippen LogP contribution in [0.2, 0.25) is 0 Å². The molecule has 2 aromatic rings. The maximum Gasteiger partial charge on any atom is 0.123 e. The summed E-state index contributed by atoms with van der Waals surface area (Å²) in [5, 5.41) is 22.8. The van der Waals surface area contributed by atoms with E-state index in [1.165, 1.54) is 125 Å². The number of rotatable bonds is 8. The first-order valence-electron chi connectivity index (χ1n) is 15.5. The molecule has 0 radical (unpaired) electrons. The van der Waals surface area contributed by atoms with Crippen molar-refractivity contribution in [3.63, 3.8) is 0 Å². The second-order valence-corrected chi connectivity index (χ2v) is 13.6. The highest BCUT2D eigenvalue weighted by atomic mass is 32.2. The van der Waals surface area contributed by atoms with Crippen molar-refractivity contribution in [1.29, 1.82) is 0 Å². The van der Waals surface area contributed by atoms with E-state index in [4.69, 9.17) is 0 Å². The van der Waals surface area contributed by atoms with Gasteiger partial charge in [-0.05, 0) is 97.3 Å². The highest BCUT2D eigenvalue weighted by Crippen LogP contribution is 2.46. The van der Waals surface area contributed by atoms with Crippen LogP contribution in [0.15, 0.2) is 24.3 Å². The topological polar surface area (TPSA) is 40.5 Å². The molecule has 200 valence electrons. The molecule has 0 unspecified atom stereocenters. The third-order valence-electron chi connectivity index (χ3n) is 10.2. The Bertz CT molecular complexity index is 982.